The van der Waals surface area contributed by atoms with Gasteiger partial charge in [-0.1, -0.05) is 29.8 Å². The van der Waals surface area contributed by atoms with E-state index in [-0.39, 0.29) is 17.4 Å². The molecule has 3 aromatic carbocycles. The van der Waals surface area contributed by atoms with E-state index in [1.807, 2.05) is 43.3 Å². The normalized spacial score (nSPS) is 13.9. The number of amides is 1. The molecule has 8 nitrogen and oxygen atoms in total. The van der Waals surface area contributed by atoms with E-state index in [1.54, 1.807) is 43.2 Å². The molecule has 3 aromatic rings. The predicted molar refractivity (Wildman–Crippen MR) is 140 cm³/mol. The second-order valence-electron chi connectivity index (χ2n) is 8.73. The average Bonchev–Trinajstić information content (AvgIpc) is 2.89. The smallest absolute Gasteiger partial charge is 0.261 e. The van der Waals surface area contributed by atoms with Gasteiger partial charge in [0.05, 0.1) is 17.7 Å². The third kappa shape index (κ3) is 5.91. The van der Waals surface area contributed by atoms with E-state index in [1.165, 1.54) is 6.07 Å². The van der Waals surface area contributed by atoms with Gasteiger partial charge in [-0.15, -0.1) is 0 Å². The number of rotatable bonds is 8. The van der Waals surface area contributed by atoms with Crippen molar-refractivity contribution in [2.75, 3.05) is 49.5 Å². The Morgan fingerprint density at radius 2 is 1.61 bits per heavy atom. The van der Waals surface area contributed by atoms with Crippen LogP contribution in [0.3, 0.4) is 0 Å². The zero-order valence-electron chi connectivity index (χ0n) is 20.7. The van der Waals surface area contributed by atoms with Gasteiger partial charge in [0.15, 0.2) is 6.61 Å². The van der Waals surface area contributed by atoms with Gasteiger partial charge in [0, 0.05) is 31.9 Å². The monoisotopic (exact) mass is 509 g/mol. The standard InChI is InChI=1S/C27H31N3O5S/c1-20-8-10-22(11-9-20)28-36(32,33)23-12-13-25(21(2)18-23)35-19-27(31)30-16-14-29(15-17-30)24-6-4-5-7-26(24)34-3/h4-13,18,28H,14-17,19H2,1-3H3. The molecule has 190 valence electrons. The first-order valence-electron chi connectivity index (χ1n) is 11.8. The summed E-state index contributed by atoms with van der Waals surface area (Å²) in [6.45, 7) is 6.16. The molecule has 1 amide bonds. The van der Waals surface area contributed by atoms with Gasteiger partial charge in [-0.3, -0.25) is 9.52 Å². The second-order valence-corrected chi connectivity index (χ2v) is 10.4. The molecule has 1 N–H and O–H groups in total. The molecule has 4 rings (SSSR count). The Labute approximate surface area is 212 Å². The number of sulfonamides is 1. The topological polar surface area (TPSA) is 88.2 Å². The Morgan fingerprint density at radius 1 is 0.917 bits per heavy atom. The number of nitrogens with zero attached hydrogens (tertiary/aromatic N) is 2. The minimum Gasteiger partial charge on any atom is -0.495 e. The molecule has 1 aliphatic heterocycles. The number of hydrogen-bond donors (Lipinski definition) is 1. The van der Waals surface area contributed by atoms with Gasteiger partial charge in [0.25, 0.3) is 15.9 Å². The molecule has 1 aliphatic rings. The van der Waals surface area contributed by atoms with Crippen molar-refractivity contribution in [1.29, 1.82) is 0 Å². The Balaban J connectivity index is 1.32. The maximum absolute atomic E-state index is 12.8. The number of carbonyl (C=O) groups is 1. The molecule has 0 unspecified atom stereocenters. The molecule has 0 radical (unpaired) electrons. The number of para-hydroxylation sites is 2. The van der Waals surface area contributed by atoms with Crippen LogP contribution in [-0.4, -0.2) is 59.1 Å². The number of methoxy groups -OCH3 is 1. The molecule has 9 heteroatoms. The summed E-state index contributed by atoms with van der Waals surface area (Å²) in [5.41, 5.74) is 3.19. The minimum atomic E-state index is -3.74. The molecule has 0 aromatic heterocycles. The summed E-state index contributed by atoms with van der Waals surface area (Å²) in [4.78, 5) is 16.9. The molecule has 0 spiro atoms. The summed E-state index contributed by atoms with van der Waals surface area (Å²) in [6.07, 6.45) is 0. The van der Waals surface area contributed by atoms with Crippen molar-refractivity contribution < 1.29 is 22.7 Å². The first-order chi connectivity index (χ1) is 17.3. The van der Waals surface area contributed by atoms with Crippen molar-refractivity contribution >= 4 is 27.3 Å². The van der Waals surface area contributed by atoms with Gasteiger partial charge < -0.3 is 19.3 Å². The molecule has 0 aliphatic carbocycles. The van der Waals surface area contributed by atoms with Crippen LogP contribution in [0.25, 0.3) is 0 Å². The SMILES string of the molecule is COc1ccccc1N1CCN(C(=O)COc2ccc(S(=O)(=O)Nc3ccc(C)cc3)cc2C)CC1. The summed E-state index contributed by atoms with van der Waals surface area (Å²) in [5.74, 6) is 1.19. The van der Waals surface area contributed by atoms with Crippen LogP contribution < -0.4 is 19.1 Å². The lowest BCUT2D eigenvalue weighted by molar-refractivity contribution is -0.133. The number of nitrogens with one attached hydrogen (secondary N) is 1. The maximum atomic E-state index is 12.8. The van der Waals surface area contributed by atoms with Crippen LogP contribution in [0.1, 0.15) is 11.1 Å². The van der Waals surface area contributed by atoms with E-state index in [0.29, 0.717) is 43.2 Å². The average molecular weight is 510 g/mol. The molecular weight excluding hydrogens is 478 g/mol. The lowest BCUT2D eigenvalue weighted by Crippen LogP contribution is -2.50. The zero-order valence-corrected chi connectivity index (χ0v) is 21.5. The third-order valence-corrected chi connectivity index (χ3v) is 7.55. The molecule has 0 atom stereocenters. The molecule has 1 heterocycles. The van der Waals surface area contributed by atoms with Gasteiger partial charge in [-0.2, -0.15) is 0 Å². The number of benzene rings is 3. The van der Waals surface area contributed by atoms with E-state index in [2.05, 4.69) is 9.62 Å². The van der Waals surface area contributed by atoms with E-state index in [4.69, 9.17) is 9.47 Å². The van der Waals surface area contributed by atoms with Crippen LogP contribution in [0.15, 0.2) is 71.6 Å². The number of carbonyl (C=O) groups excluding carboxylic acids is 1. The van der Waals surface area contributed by atoms with Crippen molar-refractivity contribution in [1.82, 2.24) is 4.90 Å². The Kier molecular flexibility index (Phi) is 7.69. The number of ether oxygens (including phenoxy) is 2. The maximum Gasteiger partial charge on any atom is 0.261 e. The third-order valence-electron chi connectivity index (χ3n) is 6.17. The van der Waals surface area contributed by atoms with Gasteiger partial charge in [-0.05, 0) is 61.9 Å². The fourth-order valence-electron chi connectivity index (χ4n) is 4.11. The van der Waals surface area contributed by atoms with Gasteiger partial charge >= 0.3 is 0 Å². The van der Waals surface area contributed by atoms with Crippen LogP contribution in [0, 0.1) is 13.8 Å². The summed E-state index contributed by atoms with van der Waals surface area (Å²) in [7, 11) is -2.09. The molecule has 1 fully saturated rings. The van der Waals surface area contributed by atoms with Crippen molar-refractivity contribution in [3.63, 3.8) is 0 Å². The van der Waals surface area contributed by atoms with E-state index in [0.717, 1.165) is 17.0 Å². The van der Waals surface area contributed by atoms with Crippen molar-refractivity contribution in [2.24, 2.45) is 0 Å². The first kappa shape index (κ1) is 25.4. The number of hydrogen-bond acceptors (Lipinski definition) is 6. The molecule has 36 heavy (non-hydrogen) atoms. The Bertz CT molecular complexity index is 1320. The van der Waals surface area contributed by atoms with Gasteiger partial charge in [-0.25, -0.2) is 8.42 Å². The number of anilines is 2. The van der Waals surface area contributed by atoms with E-state index in [9.17, 15) is 13.2 Å². The van der Waals surface area contributed by atoms with E-state index < -0.39 is 10.0 Å². The van der Waals surface area contributed by atoms with Crippen LogP contribution in [0.5, 0.6) is 11.5 Å². The van der Waals surface area contributed by atoms with Crippen molar-refractivity contribution in [3.8, 4) is 11.5 Å². The van der Waals surface area contributed by atoms with Crippen LogP contribution in [0.4, 0.5) is 11.4 Å². The number of aryl methyl sites for hydroxylation is 2. The quantitative estimate of drug-likeness (QED) is 0.497. The zero-order chi connectivity index (χ0) is 25.7. The molecule has 1 saturated heterocycles. The second kappa shape index (κ2) is 10.9. The highest BCUT2D eigenvalue weighted by atomic mass is 32.2. The molecule has 0 bridgehead atoms. The summed E-state index contributed by atoms with van der Waals surface area (Å²) in [6, 6.07) is 19.6. The summed E-state index contributed by atoms with van der Waals surface area (Å²) < 4.78 is 39.3. The Hall–Kier alpha value is -3.72. The van der Waals surface area contributed by atoms with Crippen LogP contribution in [-0.2, 0) is 14.8 Å². The predicted octanol–water partition coefficient (Wildman–Crippen LogP) is 3.84. The van der Waals surface area contributed by atoms with E-state index >= 15 is 0 Å². The van der Waals surface area contributed by atoms with Crippen LogP contribution >= 0.6 is 0 Å². The van der Waals surface area contributed by atoms with Gasteiger partial charge in [0.2, 0.25) is 0 Å². The highest BCUT2D eigenvalue weighted by Gasteiger charge is 2.23. The van der Waals surface area contributed by atoms with Crippen molar-refractivity contribution in [3.05, 3.63) is 77.9 Å². The van der Waals surface area contributed by atoms with Gasteiger partial charge in [0.1, 0.15) is 11.5 Å². The van der Waals surface area contributed by atoms with Crippen molar-refractivity contribution in [2.45, 2.75) is 18.7 Å². The number of piperazine rings is 1. The highest BCUT2D eigenvalue weighted by molar-refractivity contribution is 7.92. The first-order valence-corrected chi connectivity index (χ1v) is 13.2. The Morgan fingerprint density at radius 3 is 2.28 bits per heavy atom. The molecule has 0 saturated carbocycles. The lowest BCUT2D eigenvalue weighted by atomic mass is 10.2. The lowest BCUT2D eigenvalue weighted by Gasteiger charge is -2.36. The molecular formula is C27H31N3O5S. The fraction of sp³-hybridized carbons (Fsp3) is 0.296. The summed E-state index contributed by atoms with van der Waals surface area (Å²) >= 11 is 0. The fourth-order valence-corrected chi connectivity index (χ4v) is 5.25. The van der Waals surface area contributed by atoms with Crippen LogP contribution in [0.2, 0.25) is 0 Å². The minimum absolute atomic E-state index is 0.105. The highest BCUT2D eigenvalue weighted by Crippen LogP contribution is 2.28. The largest absolute Gasteiger partial charge is 0.495 e. The summed E-state index contributed by atoms with van der Waals surface area (Å²) in [5, 5.41) is 0.